The van der Waals surface area contributed by atoms with E-state index >= 15 is 0 Å². The van der Waals surface area contributed by atoms with Crippen molar-refractivity contribution >= 4 is 8.32 Å². The first-order valence-corrected chi connectivity index (χ1v) is 16.7. The molecule has 1 aliphatic carbocycles. The summed E-state index contributed by atoms with van der Waals surface area (Å²) in [5, 5.41) is 11.8. The van der Waals surface area contributed by atoms with E-state index in [-0.39, 0.29) is 22.5 Å². The molecule has 1 N–H and O–H groups in total. The number of alkyl halides is 3. The van der Waals surface area contributed by atoms with Gasteiger partial charge in [-0.25, -0.2) is 0 Å². The highest BCUT2D eigenvalue weighted by Gasteiger charge is 2.45. The number of aliphatic hydroxyl groups excluding tert-OH is 1. The van der Waals surface area contributed by atoms with Crippen LogP contribution in [-0.4, -0.2) is 25.5 Å². The van der Waals surface area contributed by atoms with E-state index in [1.165, 1.54) is 12.1 Å². The topological polar surface area (TPSA) is 51.6 Å². The number of aliphatic hydroxyl groups is 1. The lowest BCUT2D eigenvalue weighted by Gasteiger charge is -2.45. The number of ether oxygens (including phenoxy) is 1. The number of hydrogen-bond donors (Lipinski definition) is 1. The van der Waals surface area contributed by atoms with Gasteiger partial charge in [0.25, 0.3) is 0 Å². The molecule has 1 heterocycles. The third kappa shape index (κ3) is 6.61. The van der Waals surface area contributed by atoms with Crippen molar-refractivity contribution < 1.29 is 27.4 Å². The fraction of sp³-hybridized carbons (Fsp3) is 0.645. The number of halogens is 3. The molecule has 1 aromatic heterocycles. The molecule has 0 bridgehead atoms. The van der Waals surface area contributed by atoms with Crippen molar-refractivity contribution in [2.45, 2.75) is 117 Å². The molecule has 4 nitrogen and oxygen atoms in total. The molecular weight excluding hydrogens is 519 g/mol. The number of fused-ring (bicyclic) bond motifs is 1. The zero-order valence-corrected chi connectivity index (χ0v) is 26.4. The molecule has 0 amide bonds. The maximum atomic E-state index is 13.2. The summed E-state index contributed by atoms with van der Waals surface area (Å²) in [5.41, 5.74) is 3.78. The van der Waals surface area contributed by atoms with Gasteiger partial charge in [-0.1, -0.05) is 60.6 Å². The van der Waals surface area contributed by atoms with Crippen molar-refractivity contribution in [2.24, 2.45) is 5.41 Å². The monoisotopic (exact) mass is 565 g/mol. The second-order valence-corrected chi connectivity index (χ2v) is 18.4. The fourth-order valence-corrected chi connectivity index (χ4v) is 6.58. The lowest BCUT2D eigenvalue weighted by molar-refractivity contribution is -0.137. The number of pyridine rings is 1. The summed E-state index contributed by atoms with van der Waals surface area (Å²) in [5.74, 6) is 0.00961. The third-order valence-corrected chi connectivity index (χ3v) is 13.0. The van der Waals surface area contributed by atoms with E-state index < -0.39 is 32.3 Å². The standard InChI is InChI=1S/C31H46F3NO3Si/c1-18(2)24-25-22(16-30(7,8)17-23(25)38-39(10,11)29(4,5)6)35-27(19(3)37-9)26(24)28(36)20-12-14-21(15-13-20)31(32,33)34/h12-15,18-19,23,28,36H,16-17H2,1-11H3. The summed E-state index contributed by atoms with van der Waals surface area (Å²) in [6.07, 6.45) is -4.64. The minimum Gasteiger partial charge on any atom is -0.410 e. The Morgan fingerprint density at radius 3 is 2.05 bits per heavy atom. The highest BCUT2D eigenvalue weighted by molar-refractivity contribution is 6.74. The van der Waals surface area contributed by atoms with Crippen LogP contribution >= 0.6 is 0 Å². The lowest BCUT2D eigenvalue weighted by atomic mass is 9.71. The quantitative estimate of drug-likeness (QED) is 0.340. The third-order valence-electron chi connectivity index (χ3n) is 8.51. The summed E-state index contributed by atoms with van der Waals surface area (Å²) in [7, 11) is -0.578. The van der Waals surface area contributed by atoms with E-state index in [2.05, 4.69) is 61.6 Å². The maximum Gasteiger partial charge on any atom is 0.416 e. The Bertz CT molecular complexity index is 1170. The van der Waals surface area contributed by atoms with Gasteiger partial charge in [0.15, 0.2) is 8.32 Å². The zero-order valence-electron chi connectivity index (χ0n) is 25.4. The van der Waals surface area contributed by atoms with Gasteiger partial charge in [0.1, 0.15) is 6.10 Å². The number of aromatic nitrogens is 1. The predicted molar refractivity (Wildman–Crippen MR) is 152 cm³/mol. The van der Waals surface area contributed by atoms with Gasteiger partial charge >= 0.3 is 6.18 Å². The van der Waals surface area contributed by atoms with Gasteiger partial charge in [0, 0.05) is 23.9 Å². The van der Waals surface area contributed by atoms with Crippen LogP contribution in [0.5, 0.6) is 0 Å². The van der Waals surface area contributed by atoms with E-state index in [1.54, 1.807) is 7.11 Å². The van der Waals surface area contributed by atoms with Crippen LogP contribution in [0.3, 0.4) is 0 Å². The van der Waals surface area contributed by atoms with Gasteiger partial charge in [-0.2, -0.15) is 13.2 Å². The Kier molecular flexibility index (Phi) is 8.89. The normalized spacial score (nSPS) is 19.6. The van der Waals surface area contributed by atoms with Crippen LogP contribution < -0.4 is 0 Å². The minimum absolute atomic E-state index is 0.00720. The van der Waals surface area contributed by atoms with Gasteiger partial charge in [0.2, 0.25) is 0 Å². The van der Waals surface area contributed by atoms with Gasteiger partial charge in [-0.3, -0.25) is 4.98 Å². The largest absolute Gasteiger partial charge is 0.416 e. The minimum atomic E-state index is -4.45. The number of nitrogens with zero attached hydrogens (tertiary/aromatic N) is 1. The van der Waals surface area contributed by atoms with Gasteiger partial charge in [0.05, 0.1) is 23.5 Å². The molecule has 3 atom stereocenters. The van der Waals surface area contributed by atoms with Crippen LogP contribution in [-0.2, 0) is 21.8 Å². The number of methoxy groups -OCH3 is 1. The Morgan fingerprint density at radius 1 is 1.03 bits per heavy atom. The summed E-state index contributed by atoms with van der Waals surface area (Å²) in [4.78, 5) is 5.14. The van der Waals surface area contributed by atoms with E-state index in [1.807, 2.05) is 6.92 Å². The van der Waals surface area contributed by atoms with Crippen molar-refractivity contribution in [2.75, 3.05) is 7.11 Å². The number of benzene rings is 1. The van der Waals surface area contributed by atoms with E-state index in [0.29, 0.717) is 16.8 Å². The second kappa shape index (κ2) is 10.9. The first-order chi connectivity index (χ1) is 17.7. The molecule has 0 radical (unpaired) electrons. The highest BCUT2D eigenvalue weighted by Crippen LogP contribution is 2.51. The molecule has 0 aliphatic heterocycles. The average molecular weight is 566 g/mol. The van der Waals surface area contributed by atoms with Crippen LogP contribution in [0, 0.1) is 5.41 Å². The van der Waals surface area contributed by atoms with Crippen LogP contribution in [0.4, 0.5) is 13.2 Å². The first kappa shape index (κ1) is 31.8. The van der Waals surface area contributed by atoms with E-state index in [9.17, 15) is 18.3 Å². The van der Waals surface area contributed by atoms with Crippen LogP contribution in [0.25, 0.3) is 0 Å². The van der Waals surface area contributed by atoms with Crippen molar-refractivity contribution in [3.63, 3.8) is 0 Å². The molecule has 2 aromatic rings. The molecule has 3 unspecified atom stereocenters. The highest BCUT2D eigenvalue weighted by atomic mass is 28.4. The van der Waals surface area contributed by atoms with Crippen molar-refractivity contribution in [3.05, 3.63) is 63.5 Å². The molecule has 218 valence electrons. The smallest absolute Gasteiger partial charge is 0.410 e. The molecule has 0 saturated heterocycles. The Morgan fingerprint density at radius 2 is 1.59 bits per heavy atom. The SMILES string of the molecule is COC(C)c1nc2c(c(C(C)C)c1C(O)c1ccc(C(F)(F)F)cc1)C(O[Si](C)(C)C(C)(C)C)CC(C)(C)C2. The van der Waals surface area contributed by atoms with E-state index in [0.717, 1.165) is 41.8 Å². The predicted octanol–water partition coefficient (Wildman–Crippen LogP) is 9.05. The molecule has 1 aromatic carbocycles. The summed E-state index contributed by atoms with van der Waals surface area (Å²) in [6, 6.07) is 4.74. The maximum absolute atomic E-state index is 13.2. The summed E-state index contributed by atoms with van der Waals surface area (Å²) in [6.45, 7) is 21.7. The lowest BCUT2D eigenvalue weighted by Crippen LogP contribution is -2.44. The van der Waals surface area contributed by atoms with Crippen LogP contribution in [0.1, 0.15) is 125 Å². The molecule has 3 rings (SSSR count). The molecule has 0 spiro atoms. The molecule has 1 aliphatic rings. The van der Waals surface area contributed by atoms with Crippen molar-refractivity contribution in [1.29, 1.82) is 0 Å². The summed E-state index contributed by atoms with van der Waals surface area (Å²) >= 11 is 0. The molecule has 39 heavy (non-hydrogen) atoms. The molecule has 0 saturated carbocycles. The van der Waals surface area contributed by atoms with Gasteiger partial charge in [-0.05, 0) is 72.5 Å². The number of hydrogen-bond acceptors (Lipinski definition) is 4. The molecule has 0 fully saturated rings. The van der Waals surface area contributed by atoms with Crippen molar-refractivity contribution in [3.8, 4) is 0 Å². The average Bonchev–Trinajstić information content (AvgIpc) is 2.79. The summed E-state index contributed by atoms with van der Waals surface area (Å²) < 4.78 is 52.5. The first-order valence-electron chi connectivity index (χ1n) is 13.8. The molecular formula is C31H46F3NO3Si. The Hall–Kier alpha value is -1.74. The van der Waals surface area contributed by atoms with Gasteiger partial charge in [-0.15, -0.1) is 0 Å². The zero-order chi connectivity index (χ0) is 29.7. The van der Waals surface area contributed by atoms with Gasteiger partial charge < -0.3 is 14.3 Å². The van der Waals surface area contributed by atoms with Crippen LogP contribution in [0.2, 0.25) is 18.1 Å². The van der Waals surface area contributed by atoms with E-state index in [4.69, 9.17) is 14.1 Å². The number of rotatable bonds is 7. The Labute approximate surface area is 233 Å². The van der Waals surface area contributed by atoms with Crippen LogP contribution in [0.15, 0.2) is 24.3 Å². The second-order valence-electron chi connectivity index (χ2n) is 13.7. The fourth-order valence-electron chi connectivity index (χ4n) is 5.31. The van der Waals surface area contributed by atoms with Crippen molar-refractivity contribution in [1.82, 2.24) is 4.98 Å². The molecule has 8 heteroatoms. The Balaban J connectivity index is 2.31.